The third kappa shape index (κ3) is 4.56. The van der Waals surface area contributed by atoms with Gasteiger partial charge in [-0.3, -0.25) is 20.1 Å². The molecule has 3 amide bonds. The van der Waals surface area contributed by atoms with Crippen molar-refractivity contribution in [2.75, 3.05) is 31.2 Å². The highest BCUT2D eigenvalue weighted by Crippen LogP contribution is 2.25. The summed E-state index contributed by atoms with van der Waals surface area (Å²) in [6, 6.07) is 7.02. The third-order valence-corrected chi connectivity index (χ3v) is 4.55. The van der Waals surface area contributed by atoms with Crippen LogP contribution in [0.1, 0.15) is 16.1 Å². The number of benzene rings is 1. The molecule has 148 valence electrons. The van der Waals surface area contributed by atoms with Crippen LogP contribution in [0.25, 0.3) is 0 Å². The molecular weight excluding hydrogens is 389 g/mol. The molecule has 1 saturated heterocycles. The summed E-state index contributed by atoms with van der Waals surface area (Å²) in [6.07, 6.45) is 1.48. The largest absolute Gasteiger partial charge is 0.378 e. The van der Waals surface area contributed by atoms with E-state index in [2.05, 4.69) is 4.98 Å². The van der Waals surface area contributed by atoms with Crippen LogP contribution in [0.5, 0.6) is 0 Å². The molecule has 2 heterocycles. The van der Waals surface area contributed by atoms with Crippen molar-refractivity contribution in [1.82, 2.24) is 15.3 Å². The summed E-state index contributed by atoms with van der Waals surface area (Å²) in [5.41, 5.74) is 3.29. The molecule has 0 radical (unpaired) electrons. The molecule has 0 saturated carbocycles. The van der Waals surface area contributed by atoms with Crippen molar-refractivity contribution < 1.29 is 18.7 Å². The lowest BCUT2D eigenvalue weighted by atomic mass is 10.2. The molecule has 28 heavy (non-hydrogen) atoms. The molecule has 2 aromatic rings. The van der Waals surface area contributed by atoms with Gasteiger partial charge in [-0.05, 0) is 29.8 Å². The van der Waals surface area contributed by atoms with Crippen LogP contribution in [0.3, 0.4) is 0 Å². The van der Waals surface area contributed by atoms with Crippen LogP contribution in [-0.4, -0.2) is 48.1 Å². The summed E-state index contributed by atoms with van der Waals surface area (Å²) in [5, 5.41) is -0.0784. The lowest BCUT2D eigenvalue weighted by molar-refractivity contribution is 0.0548. The number of carbonyl (C=O) groups is 2. The molecule has 0 atom stereocenters. The minimum atomic E-state index is -0.567. The summed E-state index contributed by atoms with van der Waals surface area (Å²) < 4.78 is 18.9. The molecule has 1 aliphatic heterocycles. The fraction of sp³-hybridized carbons (Fsp3) is 0.278. The van der Waals surface area contributed by atoms with Crippen molar-refractivity contribution in [2.45, 2.75) is 6.54 Å². The minimum absolute atomic E-state index is 0.0784. The van der Waals surface area contributed by atoms with E-state index in [0.717, 1.165) is 0 Å². The Labute approximate surface area is 166 Å². The SMILES string of the molecule is NNC(=O)c1ccc(CN(C(=O)N2CCOCC2)c2ccc(F)c(Cl)c2)cn1. The normalized spacial score (nSPS) is 13.9. The van der Waals surface area contributed by atoms with E-state index < -0.39 is 11.7 Å². The number of ether oxygens (including phenoxy) is 1. The van der Waals surface area contributed by atoms with Crippen molar-refractivity contribution in [3.63, 3.8) is 0 Å². The quantitative estimate of drug-likeness (QED) is 0.458. The van der Waals surface area contributed by atoms with Crippen LogP contribution < -0.4 is 16.2 Å². The number of morpholine rings is 1. The second-order valence-electron chi connectivity index (χ2n) is 6.09. The number of anilines is 1. The van der Waals surface area contributed by atoms with E-state index >= 15 is 0 Å². The van der Waals surface area contributed by atoms with Gasteiger partial charge in [-0.15, -0.1) is 0 Å². The lowest BCUT2D eigenvalue weighted by Crippen LogP contribution is -2.48. The minimum Gasteiger partial charge on any atom is -0.378 e. The summed E-state index contributed by atoms with van der Waals surface area (Å²) in [6.45, 7) is 1.98. The number of hydrogen-bond donors (Lipinski definition) is 2. The number of pyridine rings is 1. The summed E-state index contributed by atoms with van der Waals surface area (Å²) >= 11 is 5.91. The first-order valence-corrected chi connectivity index (χ1v) is 8.92. The third-order valence-electron chi connectivity index (χ3n) is 4.26. The maximum absolute atomic E-state index is 13.6. The molecule has 0 unspecified atom stereocenters. The van der Waals surface area contributed by atoms with E-state index in [1.54, 1.807) is 11.0 Å². The van der Waals surface area contributed by atoms with E-state index in [0.29, 0.717) is 37.6 Å². The van der Waals surface area contributed by atoms with Crippen LogP contribution >= 0.6 is 11.6 Å². The van der Waals surface area contributed by atoms with E-state index in [1.165, 1.54) is 35.4 Å². The maximum Gasteiger partial charge on any atom is 0.324 e. The van der Waals surface area contributed by atoms with Crippen LogP contribution in [0.15, 0.2) is 36.5 Å². The predicted octanol–water partition coefficient (Wildman–Crippen LogP) is 1.94. The Morgan fingerprint density at radius 3 is 2.64 bits per heavy atom. The summed E-state index contributed by atoms with van der Waals surface area (Å²) in [5.74, 6) is 4.01. The monoisotopic (exact) mass is 407 g/mol. The Balaban J connectivity index is 1.87. The molecule has 1 fully saturated rings. The zero-order valence-corrected chi connectivity index (χ0v) is 15.7. The second-order valence-corrected chi connectivity index (χ2v) is 6.50. The number of nitrogens with zero attached hydrogens (tertiary/aromatic N) is 3. The van der Waals surface area contributed by atoms with Crippen LogP contribution in [0, 0.1) is 5.82 Å². The van der Waals surface area contributed by atoms with E-state index in [1.807, 2.05) is 5.43 Å². The highest BCUT2D eigenvalue weighted by Gasteiger charge is 2.25. The molecule has 10 heteroatoms. The summed E-state index contributed by atoms with van der Waals surface area (Å²) in [4.78, 5) is 31.8. The average Bonchev–Trinajstić information content (AvgIpc) is 2.74. The van der Waals surface area contributed by atoms with Gasteiger partial charge < -0.3 is 9.64 Å². The highest BCUT2D eigenvalue weighted by molar-refractivity contribution is 6.31. The molecule has 1 aliphatic rings. The lowest BCUT2D eigenvalue weighted by Gasteiger charge is -2.33. The molecule has 1 aromatic carbocycles. The molecule has 0 bridgehead atoms. The number of amides is 3. The topological polar surface area (TPSA) is 101 Å². The van der Waals surface area contributed by atoms with E-state index in [9.17, 15) is 14.0 Å². The van der Waals surface area contributed by atoms with Gasteiger partial charge in [0.05, 0.1) is 24.8 Å². The van der Waals surface area contributed by atoms with Gasteiger partial charge in [-0.2, -0.15) is 0 Å². The van der Waals surface area contributed by atoms with Gasteiger partial charge in [0.15, 0.2) is 0 Å². The highest BCUT2D eigenvalue weighted by atomic mass is 35.5. The first-order chi connectivity index (χ1) is 13.5. The number of carbonyl (C=O) groups excluding carboxylic acids is 2. The first-order valence-electron chi connectivity index (χ1n) is 8.54. The molecule has 3 rings (SSSR count). The number of nitrogen functional groups attached to an aromatic ring is 1. The average molecular weight is 408 g/mol. The number of hydrogen-bond acceptors (Lipinski definition) is 5. The van der Waals surface area contributed by atoms with Crippen molar-refractivity contribution >= 4 is 29.2 Å². The van der Waals surface area contributed by atoms with Crippen LogP contribution in [0.4, 0.5) is 14.9 Å². The number of nitrogens with two attached hydrogens (primary N) is 1. The number of rotatable bonds is 4. The molecule has 3 N–H and O–H groups in total. The Morgan fingerprint density at radius 1 is 1.29 bits per heavy atom. The Hall–Kier alpha value is -2.75. The van der Waals surface area contributed by atoms with Gasteiger partial charge in [-0.25, -0.2) is 15.0 Å². The van der Waals surface area contributed by atoms with Gasteiger partial charge in [0.2, 0.25) is 0 Å². The summed E-state index contributed by atoms with van der Waals surface area (Å²) in [7, 11) is 0. The Bertz CT molecular complexity index is 859. The van der Waals surface area contributed by atoms with Crippen molar-refractivity contribution in [3.05, 3.63) is 58.6 Å². The van der Waals surface area contributed by atoms with Gasteiger partial charge in [-0.1, -0.05) is 17.7 Å². The second kappa shape index (κ2) is 8.96. The smallest absolute Gasteiger partial charge is 0.324 e. The molecule has 0 aliphatic carbocycles. The van der Waals surface area contributed by atoms with Crippen molar-refractivity contribution in [3.8, 4) is 0 Å². The zero-order valence-electron chi connectivity index (χ0n) is 14.9. The van der Waals surface area contributed by atoms with Crippen LogP contribution in [0.2, 0.25) is 5.02 Å². The van der Waals surface area contributed by atoms with Gasteiger partial charge in [0.25, 0.3) is 5.91 Å². The maximum atomic E-state index is 13.6. The van der Waals surface area contributed by atoms with Gasteiger partial charge >= 0.3 is 6.03 Å². The van der Waals surface area contributed by atoms with E-state index in [4.69, 9.17) is 22.2 Å². The zero-order chi connectivity index (χ0) is 20.1. The van der Waals surface area contributed by atoms with Crippen molar-refractivity contribution in [1.29, 1.82) is 0 Å². The molecular formula is C18H19ClFN5O3. The first kappa shape index (κ1) is 20.0. The number of halogens is 2. The Morgan fingerprint density at radius 2 is 2.04 bits per heavy atom. The van der Waals surface area contributed by atoms with Gasteiger partial charge in [0, 0.05) is 25.0 Å². The molecule has 8 nitrogen and oxygen atoms in total. The molecule has 1 aromatic heterocycles. The van der Waals surface area contributed by atoms with Crippen LogP contribution in [-0.2, 0) is 11.3 Å². The number of aromatic nitrogens is 1. The number of hydrazine groups is 1. The fourth-order valence-corrected chi connectivity index (χ4v) is 2.93. The van der Waals surface area contributed by atoms with Gasteiger partial charge in [0.1, 0.15) is 11.5 Å². The fourth-order valence-electron chi connectivity index (χ4n) is 2.76. The molecule has 0 spiro atoms. The van der Waals surface area contributed by atoms with E-state index in [-0.39, 0.29) is 23.3 Å². The van der Waals surface area contributed by atoms with Crippen molar-refractivity contribution in [2.24, 2.45) is 5.84 Å². The Kier molecular flexibility index (Phi) is 6.40. The number of urea groups is 1. The predicted molar refractivity (Wildman–Crippen MR) is 101 cm³/mol. The number of nitrogens with one attached hydrogen (secondary N) is 1. The standard InChI is InChI=1S/C18H19ClFN5O3/c19-14-9-13(2-3-15(14)20)25(18(27)24-5-7-28-8-6-24)11-12-1-4-16(22-10-12)17(26)23-21/h1-4,9-10H,5-8,11,21H2,(H,23,26).